The lowest BCUT2D eigenvalue weighted by atomic mass is 9.85. The minimum Gasteiger partial charge on any atom is -0.383 e. The van der Waals surface area contributed by atoms with Gasteiger partial charge in [0.15, 0.2) is 0 Å². The van der Waals surface area contributed by atoms with Crippen LogP contribution in [0.25, 0.3) is 0 Å². The first-order chi connectivity index (χ1) is 8.10. The van der Waals surface area contributed by atoms with Crippen LogP contribution in [0.2, 0.25) is 0 Å². The van der Waals surface area contributed by atoms with Crippen LogP contribution in [0, 0.1) is 5.92 Å². The van der Waals surface area contributed by atoms with E-state index in [0.29, 0.717) is 6.61 Å². The van der Waals surface area contributed by atoms with Gasteiger partial charge < -0.3 is 15.4 Å². The number of ether oxygens (including phenoxy) is 1. The van der Waals surface area contributed by atoms with E-state index < -0.39 is 0 Å². The average Bonchev–Trinajstić information content (AvgIpc) is 2.30. The van der Waals surface area contributed by atoms with E-state index in [9.17, 15) is 4.79 Å². The minimum atomic E-state index is 0.123. The summed E-state index contributed by atoms with van der Waals surface area (Å²) in [5, 5.41) is 0. The van der Waals surface area contributed by atoms with Crippen LogP contribution in [0.3, 0.4) is 0 Å². The predicted molar refractivity (Wildman–Crippen MR) is 68.7 cm³/mol. The molecule has 1 aliphatic carbocycles. The molecule has 0 spiro atoms. The van der Waals surface area contributed by atoms with E-state index in [1.54, 1.807) is 7.11 Å². The monoisotopic (exact) mass is 242 g/mol. The number of methoxy groups -OCH3 is 1. The van der Waals surface area contributed by atoms with Crippen molar-refractivity contribution in [2.24, 2.45) is 11.7 Å². The summed E-state index contributed by atoms with van der Waals surface area (Å²) in [6.07, 6.45) is 3.97. The van der Waals surface area contributed by atoms with Crippen LogP contribution in [-0.2, 0) is 9.53 Å². The van der Waals surface area contributed by atoms with Crippen molar-refractivity contribution < 1.29 is 9.53 Å². The molecule has 4 nitrogen and oxygen atoms in total. The molecular formula is C13H26N2O2. The number of likely N-dealkylation sites (N-methyl/N-ethyl adjacent to an activating group) is 1. The second kappa shape index (κ2) is 6.97. The summed E-state index contributed by atoms with van der Waals surface area (Å²) in [6, 6.07) is 0.352. The number of carbonyl (C=O) groups is 1. The molecule has 0 aromatic rings. The van der Waals surface area contributed by atoms with E-state index in [1.165, 1.54) is 0 Å². The normalized spacial score (nSPS) is 26.6. The van der Waals surface area contributed by atoms with Crippen LogP contribution < -0.4 is 5.73 Å². The van der Waals surface area contributed by atoms with Gasteiger partial charge in [-0.15, -0.1) is 0 Å². The topological polar surface area (TPSA) is 55.6 Å². The molecule has 3 unspecified atom stereocenters. The van der Waals surface area contributed by atoms with Crippen LogP contribution >= 0.6 is 0 Å². The summed E-state index contributed by atoms with van der Waals surface area (Å²) in [5.41, 5.74) is 5.94. The lowest BCUT2D eigenvalue weighted by Gasteiger charge is -2.34. The second-order valence-corrected chi connectivity index (χ2v) is 5.05. The third kappa shape index (κ3) is 3.96. The van der Waals surface area contributed by atoms with E-state index in [1.807, 2.05) is 18.7 Å². The molecule has 17 heavy (non-hydrogen) atoms. The Hall–Kier alpha value is -0.610. The molecule has 0 aromatic carbocycles. The highest BCUT2D eigenvalue weighted by atomic mass is 16.5. The minimum absolute atomic E-state index is 0.123. The number of amides is 1. The number of nitrogens with two attached hydrogens (primary N) is 1. The molecule has 0 bridgehead atoms. The van der Waals surface area contributed by atoms with Gasteiger partial charge in [-0.2, -0.15) is 0 Å². The Morgan fingerprint density at radius 3 is 2.76 bits per heavy atom. The molecule has 2 N–H and O–H groups in total. The molecular weight excluding hydrogens is 216 g/mol. The van der Waals surface area contributed by atoms with E-state index in [2.05, 4.69) is 0 Å². The first kappa shape index (κ1) is 14.5. The molecule has 4 heteroatoms. The summed E-state index contributed by atoms with van der Waals surface area (Å²) >= 11 is 0. The first-order valence-corrected chi connectivity index (χ1v) is 6.65. The molecule has 1 saturated carbocycles. The van der Waals surface area contributed by atoms with Gasteiger partial charge in [-0.05, 0) is 33.1 Å². The van der Waals surface area contributed by atoms with Crippen molar-refractivity contribution in [3.8, 4) is 0 Å². The highest BCUT2D eigenvalue weighted by molar-refractivity contribution is 5.79. The molecule has 0 aliphatic heterocycles. The summed E-state index contributed by atoms with van der Waals surface area (Å²) in [4.78, 5) is 14.3. The number of nitrogens with zero attached hydrogens (tertiary/aromatic N) is 1. The Morgan fingerprint density at radius 2 is 2.24 bits per heavy atom. The van der Waals surface area contributed by atoms with E-state index in [-0.39, 0.29) is 23.9 Å². The van der Waals surface area contributed by atoms with Gasteiger partial charge in [-0.25, -0.2) is 0 Å². The van der Waals surface area contributed by atoms with Crippen LogP contribution in [0.15, 0.2) is 0 Å². The third-order valence-electron chi connectivity index (χ3n) is 3.63. The zero-order valence-electron chi connectivity index (χ0n) is 11.3. The van der Waals surface area contributed by atoms with Gasteiger partial charge in [0.25, 0.3) is 0 Å². The van der Waals surface area contributed by atoms with Crippen molar-refractivity contribution in [2.45, 2.75) is 51.6 Å². The Bertz CT molecular complexity index is 246. The Kier molecular flexibility index (Phi) is 5.92. The SMILES string of the molecule is CCN(C(=O)C1CCCC(N)C1)C(C)COC. The molecule has 0 radical (unpaired) electrons. The van der Waals surface area contributed by atoms with Crippen molar-refractivity contribution in [3.05, 3.63) is 0 Å². The van der Waals surface area contributed by atoms with E-state index >= 15 is 0 Å². The Morgan fingerprint density at radius 1 is 1.53 bits per heavy atom. The van der Waals surface area contributed by atoms with Gasteiger partial charge in [0, 0.05) is 25.6 Å². The van der Waals surface area contributed by atoms with Crippen LogP contribution in [-0.4, -0.2) is 43.2 Å². The Balaban J connectivity index is 2.58. The highest BCUT2D eigenvalue weighted by Crippen LogP contribution is 2.25. The fourth-order valence-electron chi connectivity index (χ4n) is 2.70. The van der Waals surface area contributed by atoms with Crippen molar-refractivity contribution in [1.82, 2.24) is 4.90 Å². The van der Waals surface area contributed by atoms with Gasteiger partial charge >= 0.3 is 0 Å². The smallest absolute Gasteiger partial charge is 0.226 e. The van der Waals surface area contributed by atoms with Crippen molar-refractivity contribution >= 4 is 5.91 Å². The van der Waals surface area contributed by atoms with Crippen LogP contribution in [0.1, 0.15) is 39.5 Å². The third-order valence-corrected chi connectivity index (χ3v) is 3.63. The Labute approximate surface area is 104 Å². The average molecular weight is 242 g/mol. The molecule has 100 valence electrons. The fourth-order valence-corrected chi connectivity index (χ4v) is 2.70. The zero-order valence-corrected chi connectivity index (χ0v) is 11.3. The highest BCUT2D eigenvalue weighted by Gasteiger charge is 2.30. The quantitative estimate of drug-likeness (QED) is 0.792. The number of rotatable bonds is 5. The van der Waals surface area contributed by atoms with Gasteiger partial charge in [-0.1, -0.05) is 6.42 Å². The molecule has 3 atom stereocenters. The van der Waals surface area contributed by atoms with Crippen molar-refractivity contribution in [2.75, 3.05) is 20.3 Å². The summed E-state index contributed by atoms with van der Waals surface area (Å²) in [7, 11) is 1.67. The van der Waals surface area contributed by atoms with E-state index in [0.717, 1.165) is 32.2 Å². The largest absolute Gasteiger partial charge is 0.383 e. The molecule has 0 heterocycles. The van der Waals surface area contributed by atoms with Gasteiger partial charge in [0.2, 0.25) is 5.91 Å². The summed E-state index contributed by atoms with van der Waals surface area (Å²) in [5.74, 6) is 0.380. The van der Waals surface area contributed by atoms with Crippen molar-refractivity contribution in [3.63, 3.8) is 0 Å². The molecule has 1 aliphatic rings. The summed E-state index contributed by atoms with van der Waals surface area (Å²) in [6.45, 7) is 5.40. The zero-order chi connectivity index (χ0) is 12.8. The maximum absolute atomic E-state index is 12.4. The summed E-state index contributed by atoms with van der Waals surface area (Å²) < 4.78 is 5.13. The maximum Gasteiger partial charge on any atom is 0.226 e. The molecule has 1 rings (SSSR count). The van der Waals surface area contributed by atoms with Crippen LogP contribution in [0.5, 0.6) is 0 Å². The molecule has 1 amide bonds. The lowest BCUT2D eigenvalue weighted by molar-refractivity contribution is -0.139. The second-order valence-electron chi connectivity index (χ2n) is 5.05. The van der Waals surface area contributed by atoms with Gasteiger partial charge in [0.05, 0.1) is 12.6 Å². The molecule has 1 fully saturated rings. The van der Waals surface area contributed by atoms with Crippen molar-refractivity contribution in [1.29, 1.82) is 0 Å². The standard InChI is InChI=1S/C13H26N2O2/c1-4-15(10(2)9-17-3)13(16)11-6-5-7-12(14)8-11/h10-12H,4-9,14H2,1-3H3. The predicted octanol–water partition coefficient (Wildman–Crippen LogP) is 1.39. The number of hydrogen-bond donors (Lipinski definition) is 1. The lowest BCUT2D eigenvalue weighted by Crippen LogP contribution is -2.46. The molecule has 0 saturated heterocycles. The van der Waals surface area contributed by atoms with E-state index in [4.69, 9.17) is 10.5 Å². The first-order valence-electron chi connectivity index (χ1n) is 6.65. The number of carbonyl (C=O) groups excluding carboxylic acids is 1. The van der Waals surface area contributed by atoms with Gasteiger partial charge in [-0.3, -0.25) is 4.79 Å². The van der Waals surface area contributed by atoms with Crippen LogP contribution in [0.4, 0.5) is 0 Å². The fraction of sp³-hybridized carbons (Fsp3) is 0.923. The number of hydrogen-bond acceptors (Lipinski definition) is 3. The maximum atomic E-state index is 12.4. The van der Waals surface area contributed by atoms with Gasteiger partial charge in [0.1, 0.15) is 0 Å². The molecule has 0 aromatic heterocycles.